The van der Waals surface area contributed by atoms with Crippen LogP contribution in [-0.2, 0) is 0 Å². The Labute approximate surface area is 77.5 Å². The van der Waals surface area contributed by atoms with Gasteiger partial charge in [0.05, 0.1) is 12.3 Å². The standard InChI is InChI=1S/C10H13NO2/c1-3-13-10-6-8(7(2)12)4-5-9(10)11/h4-6H,3,11H2,1-2H3. The summed E-state index contributed by atoms with van der Waals surface area (Å²) in [6.45, 7) is 3.94. The lowest BCUT2D eigenvalue weighted by Gasteiger charge is -2.07. The lowest BCUT2D eigenvalue weighted by Crippen LogP contribution is -1.99. The van der Waals surface area contributed by atoms with Crippen LogP contribution in [0.3, 0.4) is 0 Å². The molecule has 0 unspecified atom stereocenters. The average molecular weight is 179 g/mol. The Kier molecular flexibility index (Phi) is 2.90. The van der Waals surface area contributed by atoms with Gasteiger partial charge in [-0.15, -0.1) is 0 Å². The highest BCUT2D eigenvalue weighted by Gasteiger charge is 2.04. The topological polar surface area (TPSA) is 52.3 Å². The van der Waals surface area contributed by atoms with E-state index < -0.39 is 0 Å². The van der Waals surface area contributed by atoms with E-state index in [-0.39, 0.29) is 5.78 Å². The molecule has 0 atom stereocenters. The molecule has 0 aliphatic carbocycles. The van der Waals surface area contributed by atoms with E-state index in [1.165, 1.54) is 6.92 Å². The quantitative estimate of drug-likeness (QED) is 0.569. The van der Waals surface area contributed by atoms with Crippen molar-refractivity contribution >= 4 is 11.5 Å². The van der Waals surface area contributed by atoms with Crippen LogP contribution in [0.1, 0.15) is 24.2 Å². The first kappa shape index (κ1) is 9.58. The van der Waals surface area contributed by atoms with Crippen molar-refractivity contribution in [1.29, 1.82) is 0 Å². The van der Waals surface area contributed by atoms with Crippen LogP contribution >= 0.6 is 0 Å². The number of carbonyl (C=O) groups excluding carboxylic acids is 1. The maximum absolute atomic E-state index is 11.0. The van der Waals surface area contributed by atoms with Crippen LogP contribution in [-0.4, -0.2) is 12.4 Å². The van der Waals surface area contributed by atoms with Gasteiger partial charge < -0.3 is 10.5 Å². The molecule has 0 saturated carbocycles. The van der Waals surface area contributed by atoms with Crippen LogP contribution in [0.25, 0.3) is 0 Å². The van der Waals surface area contributed by atoms with Gasteiger partial charge in [0.15, 0.2) is 5.78 Å². The number of hydrogen-bond acceptors (Lipinski definition) is 3. The molecule has 0 saturated heterocycles. The van der Waals surface area contributed by atoms with E-state index in [2.05, 4.69) is 0 Å². The first-order chi connectivity index (χ1) is 6.15. The minimum atomic E-state index is 0.0148. The number of Topliss-reactive ketones (excluding diaryl/α,β-unsaturated/α-hetero) is 1. The second kappa shape index (κ2) is 3.94. The molecule has 0 aliphatic rings. The normalized spacial score (nSPS) is 9.69. The average Bonchev–Trinajstić information content (AvgIpc) is 2.08. The van der Waals surface area contributed by atoms with Gasteiger partial charge in [0, 0.05) is 5.56 Å². The number of nitrogen functional groups attached to an aromatic ring is 1. The molecule has 0 fully saturated rings. The lowest BCUT2D eigenvalue weighted by atomic mass is 10.1. The Morgan fingerprint density at radius 3 is 2.77 bits per heavy atom. The summed E-state index contributed by atoms with van der Waals surface area (Å²) in [6.07, 6.45) is 0. The van der Waals surface area contributed by atoms with Gasteiger partial charge in [-0.3, -0.25) is 4.79 Å². The lowest BCUT2D eigenvalue weighted by molar-refractivity contribution is 0.101. The van der Waals surface area contributed by atoms with Crippen molar-refractivity contribution in [2.45, 2.75) is 13.8 Å². The van der Waals surface area contributed by atoms with E-state index in [0.29, 0.717) is 23.6 Å². The molecule has 0 aliphatic heterocycles. The zero-order valence-electron chi connectivity index (χ0n) is 7.83. The number of hydrogen-bond donors (Lipinski definition) is 1. The van der Waals surface area contributed by atoms with E-state index in [1.807, 2.05) is 6.92 Å². The summed E-state index contributed by atoms with van der Waals surface area (Å²) in [5, 5.41) is 0. The number of carbonyl (C=O) groups is 1. The molecule has 3 nitrogen and oxygen atoms in total. The third-order valence-corrected chi connectivity index (χ3v) is 1.72. The van der Waals surface area contributed by atoms with Gasteiger partial charge in [-0.2, -0.15) is 0 Å². The summed E-state index contributed by atoms with van der Waals surface area (Å²) in [5.41, 5.74) is 6.82. The maximum Gasteiger partial charge on any atom is 0.159 e. The minimum Gasteiger partial charge on any atom is -0.492 e. The molecule has 1 aromatic carbocycles. The molecule has 0 radical (unpaired) electrons. The van der Waals surface area contributed by atoms with E-state index in [0.717, 1.165) is 0 Å². The highest BCUT2D eigenvalue weighted by molar-refractivity contribution is 5.95. The molecule has 1 rings (SSSR count). The summed E-state index contributed by atoms with van der Waals surface area (Å²) in [4.78, 5) is 11.0. The number of ether oxygens (including phenoxy) is 1. The fraction of sp³-hybridized carbons (Fsp3) is 0.300. The summed E-state index contributed by atoms with van der Waals surface area (Å²) >= 11 is 0. The fourth-order valence-electron chi connectivity index (χ4n) is 1.03. The van der Waals surface area contributed by atoms with Gasteiger partial charge in [0.1, 0.15) is 5.75 Å². The highest BCUT2D eigenvalue weighted by Crippen LogP contribution is 2.22. The van der Waals surface area contributed by atoms with Crippen molar-refractivity contribution in [3.05, 3.63) is 23.8 Å². The molecule has 0 aromatic heterocycles. The van der Waals surface area contributed by atoms with Crippen LogP contribution in [0, 0.1) is 0 Å². The van der Waals surface area contributed by atoms with Crippen molar-refractivity contribution in [3.8, 4) is 5.75 Å². The van der Waals surface area contributed by atoms with Gasteiger partial charge >= 0.3 is 0 Å². The van der Waals surface area contributed by atoms with Crippen molar-refractivity contribution in [3.63, 3.8) is 0 Å². The molecule has 0 heterocycles. The number of rotatable bonds is 3. The Hall–Kier alpha value is -1.51. The second-order valence-corrected chi connectivity index (χ2v) is 2.74. The van der Waals surface area contributed by atoms with Gasteiger partial charge in [0.2, 0.25) is 0 Å². The van der Waals surface area contributed by atoms with Crippen molar-refractivity contribution in [2.24, 2.45) is 0 Å². The van der Waals surface area contributed by atoms with Crippen molar-refractivity contribution in [2.75, 3.05) is 12.3 Å². The van der Waals surface area contributed by atoms with Crippen LogP contribution < -0.4 is 10.5 Å². The SMILES string of the molecule is CCOc1cc(C(C)=O)ccc1N. The molecule has 70 valence electrons. The van der Waals surface area contributed by atoms with Gasteiger partial charge in [-0.1, -0.05) is 0 Å². The van der Waals surface area contributed by atoms with E-state index >= 15 is 0 Å². The summed E-state index contributed by atoms with van der Waals surface area (Å²) in [6, 6.07) is 5.04. The van der Waals surface area contributed by atoms with Crippen molar-refractivity contribution < 1.29 is 9.53 Å². The number of anilines is 1. The maximum atomic E-state index is 11.0. The molecule has 0 bridgehead atoms. The molecule has 0 amide bonds. The summed E-state index contributed by atoms with van der Waals surface area (Å²) in [7, 11) is 0. The number of nitrogens with two attached hydrogens (primary N) is 1. The molecule has 3 heteroatoms. The smallest absolute Gasteiger partial charge is 0.159 e. The first-order valence-electron chi connectivity index (χ1n) is 4.18. The second-order valence-electron chi connectivity index (χ2n) is 2.74. The Morgan fingerprint density at radius 1 is 1.54 bits per heavy atom. The van der Waals surface area contributed by atoms with Crippen molar-refractivity contribution in [1.82, 2.24) is 0 Å². The Balaban J connectivity index is 3.03. The third kappa shape index (κ3) is 2.21. The predicted molar refractivity (Wildman–Crippen MR) is 52.0 cm³/mol. The summed E-state index contributed by atoms with van der Waals surface area (Å²) in [5.74, 6) is 0.594. The third-order valence-electron chi connectivity index (χ3n) is 1.72. The van der Waals surface area contributed by atoms with Crippen LogP contribution in [0.2, 0.25) is 0 Å². The predicted octanol–water partition coefficient (Wildman–Crippen LogP) is 1.87. The van der Waals surface area contributed by atoms with E-state index in [1.54, 1.807) is 18.2 Å². The van der Waals surface area contributed by atoms with Gasteiger partial charge in [-0.05, 0) is 32.0 Å². The summed E-state index contributed by atoms with van der Waals surface area (Å²) < 4.78 is 5.25. The van der Waals surface area contributed by atoms with Crippen LogP contribution in [0.5, 0.6) is 5.75 Å². The largest absolute Gasteiger partial charge is 0.492 e. The molecular formula is C10H13NO2. The van der Waals surface area contributed by atoms with Gasteiger partial charge in [-0.25, -0.2) is 0 Å². The zero-order chi connectivity index (χ0) is 9.84. The molecule has 0 spiro atoms. The van der Waals surface area contributed by atoms with E-state index in [4.69, 9.17) is 10.5 Å². The van der Waals surface area contributed by atoms with Crippen LogP contribution in [0.15, 0.2) is 18.2 Å². The minimum absolute atomic E-state index is 0.0148. The molecular weight excluding hydrogens is 166 g/mol. The first-order valence-corrected chi connectivity index (χ1v) is 4.18. The Morgan fingerprint density at radius 2 is 2.23 bits per heavy atom. The Bertz CT molecular complexity index is 321. The van der Waals surface area contributed by atoms with Gasteiger partial charge in [0.25, 0.3) is 0 Å². The number of benzene rings is 1. The molecule has 2 N–H and O–H groups in total. The number of ketones is 1. The highest BCUT2D eigenvalue weighted by atomic mass is 16.5. The zero-order valence-corrected chi connectivity index (χ0v) is 7.83. The van der Waals surface area contributed by atoms with E-state index in [9.17, 15) is 4.79 Å². The molecule has 1 aromatic rings. The molecule has 13 heavy (non-hydrogen) atoms. The fourth-order valence-corrected chi connectivity index (χ4v) is 1.03. The van der Waals surface area contributed by atoms with Crippen LogP contribution in [0.4, 0.5) is 5.69 Å². The monoisotopic (exact) mass is 179 g/mol.